The number of rotatable bonds is 4. The highest BCUT2D eigenvalue weighted by atomic mass is 32.1. The lowest BCUT2D eigenvalue weighted by Crippen LogP contribution is -2.23. The highest BCUT2D eigenvalue weighted by molar-refractivity contribution is 7.09. The van der Waals surface area contributed by atoms with Gasteiger partial charge in [0.05, 0.1) is 5.60 Å². The molecule has 1 heterocycles. The molecule has 1 N–H and O–H groups in total. The summed E-state index contributed by atoms with van der Waals surface area (Å²) >= 11 is 1.75. The van der Waals surface area contributed by atoms with Crippen LogP contribution in [0.5, 0.6) is 0 Å². The van der Waals surface area contributed by atoms with E-state index in [4.69, 9.17) is 0 Å². The van der Waals surface area contributed by atoms with Crippen molar-refractivity contribution in [3.05, 3.63) is 57.8 Å². The van der Waals surface area contributed by atoms with Crippen LogP contribution in [0.4, 0.5) is 0 Å². The van der Waals surface area contributed by atoms with Crippen molar-refractivity contribution in [3.8, 4) is 0 Å². The first-order valence-corrected chi connectivity index (χ1v) is 6.78. The van der Waals surface area contributed by atoms with Crippen molar-refractivity contribution >= 4 is 11.3 Å². The predicted octanol–water partition coefficient (Wildman–Crippen LogP) is 3.90. The van der Waals surface area contributed by atoms with Crippen LogP contribution in [0.3, 0.4) is 0 Å². The molecule has 90 valence electrons. The van der Waals surface area contributed by atoms with Crippen LogP contribution in [0.25, 0.3) is 0 Å². The lowest BCUT2D eigenvalue weighted by Gasteiger charge is -2.25. The van der Waals surface area contributed by atoms with Gasteiger partial charge >= 0.3 is 0 Å². The summed E-state index contributed by atoms with van der Waals surface area (Å²) in [5, 5.41) is 12.7. The number of hydrogen-bond donors (Lipinski definition) is 1. The second-order valence-corrected chi connectivity index (χ2v) is 5.70. The molecular weight excluding hydrogens is 228 g/mol. The zero-order chi connectivity index (χ0) is 12.3. The summed E-state index contributed by atoms with van der Waals surface area (Å²) < 4.78 is 0. The fraction of sp³-hybridized carbons (Fsp3) is 0.333. The molecule has 2 aromatic rings. The molecular formula is C15H18OS. The Labute approximate surface area is 107 Å². The molecule has 2 heteroatoms. The van der Waals surface area contributed by atoms with E-state index < -0.39 is 5.60 Å². The van der Waals surface area contributed by atoms with Crippen molar-refractivity contribution in [2.75, 3.05) is 0 Å². The average molecular weight is 246 g/mol. The van der Waals surface area contributed by atoms with E-state index in [1.807, 2.05) is 25.1 Å². The molecule has 0 aliphatic heterocycles. The molecule has 0 fully saturated rings. The summed E-state index contributed by atoms with van der Waals surface area (Å²) in [5.74, 6) is 0. The fourth-order valence-corrected chi connectivity index (χ4v) is 2.84. The minimum absolute atomic E-state index is 0.741. The van der Waals surface area contributed by atoms with Crippen LogP contribution in [-0.4, -0.2) is 5.11 Å². The molecule has 1 nitrogen and oxygen atoms in total. The molecule has 0 aliphatic rings. The Morgan fingerprint density at radius 2 is 1.94 bits per heavy atom. The van der Waals surface area contributed by atoms with E-state index in [1.165, 1.54) is 4.88 Å². The van der Waals surface area contributed by atoms with E-state index in [-0.39, 0.29) is 0 Å². The van der Waals surface area contributed by atoms with Gasteiger partial charge in [-0.1, -0.05) is 30.3 Å². The number of aliphatic hydroxyl groups is 1. The molecule has 1 unspecified atom stereocenters. The molecule has 0 bridgehead atoms. The van der Waals surface area contributed by atoms with Crippen molar-refractivity contribution in [2.45, 2.75) is 32.3 Å². The van der Waals surface area contributed by atoms with Gasteiger partial charge in [-0.25, -0.2) is 0 Å². The minimum atomic E-state index is -0.741. The van der Waals surface area contributed by atoms with E-state index in [0.29, 0.717) is 0 Å². The Morgan fingerprint density at radius 3 is 2.59 bits per heavy atom. The Hall–Kier alpha value is -1.12. The van der Waals surface area contributed by atoms with Gasteiger partial charge in [-0.3, -0.25) is 0 Å². The van der Waals surface area contributed by atoms with Gasteiger partial charge in [0.25, 0.3) is 0 Å². The van der Waals surface area contributed by atoms with Crippen LogP contribution in [-0.2, 0) is 12.0 Å². The van der Waals surface area contributed by atoms with Crippen LogP contribution < -0.4 is 0 Å². The zero-order valence-corrected chi connectivity index (χ0v) is 11.1. The van der Waals surface area contributed by atoms with Gasteiger partial charge in [0.1, 0.15) is 0 Å². The Balaban J connectivity index is 2.11. The first-order chi connectivity index (χ1) is 8.09. The molecule has 17 heavy (non-hydrogen) atoms. The highest BCUT2D eigenvalue weighted by Gasteiger charge is 2.24. The smallest absolute Gasteiger partial charge is 0.0874 e. The molecule has 0 amide bonds. The molecule has 1 atom stereocenters. The standard InChI is InChI=1S/C15H18OS/c1-12-6-3-4-8-14(12)15(2,16)10-9-13-7-5-11-17-13/h3-8,11,16H,9-10H2,1-2H3. The normalized spacial score (nSPS) is 14.5. The van der Waals surface area contributed by atoms with E-state index in [1.54, 1.807) is 11.3 Å². The van der Waals surface area contributed by atoms with Crippen LogP contribution >= 0.6 is 11.3 Å². The van der Waals surface area contributed by atoms with E-state index in [9.17, 15) is 5.11 Å². The van der Waals surface area contributed by atoms with Crippen LogP contribution in [0, 0.1) is 6.92 Å². The quantitative estimate of drug-likeness (QED) is 0.867. The third kappa shape index (κ3) is 2.96. The SMILES string of the molecule is Cc1ccccc1C(C)(O)CCc1cccs1. The monoisotopic (exact) mass is 246 g/mol. The fourth-order valence-electron chi connectivity index (χ4n) is 2.13. The third-order valence-electron chi connectivity index (χ3n) is 3.16. The summed E-state index contributed by atoms with van der Waals surface area (Å²) in [7, 11) is 0. The number of hydrogen-bond acceptors (Lipinski definition) is 2. The molecule has 0 radical (unpaired) electrons. The van der Waals surface area contributed by atoms with Crippen LogP contribution in [0.2, 0.25) is 0 Å². The maximum absolute atomic E-state index is 10.6. The lowest BCUT2D eigenvalue weighted by atomic mass is 9.88. The predicted molar refractivity (Wildman–Crippen MR) is 73.4 cm³/mol. The van der Waals surface area contributed by atoms with Crippen molar-refractivity contribution in [1.29, 1.82) is 0 Å². The van der Waals surface area contributed by atoms with Crippen molar-refractivity contribution in [2.24, 2.45) is 0 Å². The maximum atomic E-state index is 10.6. The molecule has 0 spiro atoms. The zero-order valence-electron chi connectivity index (χ0n) is 10.3. The summed E-state index contributed by atoms with van der Waals surface area (Å²) in [6.45, 7) is 3.96. The van der Waals surface area contributed by atoms with E-state index >= 15 is 0 Å². The maximum Gasteiger partial charge on any atom is 0.0874 e. The van der Waals surface area contributed by atoms with Gasteiger partial charge in [-0.05, 0) is 49.3 Å². The first-order valence-electron chi connectivity index (χ1n) is 5.90. The molecule has 1 aromatic carbocycles. The number of thiophene rings is 1. The van der Waals surface area contributed by atoms with E-state index in [2.05, 4.69) is 30.5 Å². The van der Waals surface area contributed by atoms with Gasteiger partial charge in [-0.2, -0.15) is 0 Å². The molecule has 0 aliphatic carbocycles. The van der Waals surface area contributed by atoms with Crippen LogP contribution in [0.1, 0.15) is 29.3 Å². The Morgan fingerprint density at radius 1 is 1.18 bits per heavy atom. The van der Waals surface area contributed by atoms with Gasteiger partial charge < -0.3 is 5.11 Å². The van der Waals surface area contributed by atoms with E-state index in [0.717, 1.165) is 24.0 Å². The van der Waals surface area contributed by atoms with Gasteiger partial charge in [-0.15, -0.1) is 11.3 Å². The number of benzene rings is 1. The number of aryl methyl sites for hydroxylation is 2. The lowest BCUT2D eigenvalue weighted by molar-refractivity contribution is 0.0476. The Bertz CT molecular complexity index is 471. The summed E-state index contributed by atoms with van der Waals surface area (Å²) in [5.41, 5.74) is 1.45. The van der Waals surface area contributed by atoms with Crippen molar-refractivity contribution in [3.63, 3.8) is 0 Å². The minimum Gasteiger partial charge on any atom is -0.385 e. The largest absolute Gasteiger partial charge is 0.385 e. The second-order valence-electron chi connectivity index (χ2n) is 4.67. The highest BCUT2D eigenvalue weighted by Crippen LogP contribution is 2.29. The molecule has 0 saturated carbocycles. The van der Waals surface area contributed by atoms with Gasteiger partial charge in [0, 0.05) is 4.88 Å². The van der Waals surface area contributed by atoms with Crippen LogP contribution in [0.15, 0.2) is 41.8 Å². The summed E-state index contributed by atoms with van der Waals surface area (Å²) in [6, 6.07) is 12.2. The van der Waals surface area contributed by atoms with Crippen molar-refractivity contribution < 1.29 is 5.11 Å². The molecule has 2 rings (SSSR count). The second kappa shape index (κ2) is 5.03. The molecule has 1 aromatic heterocycles. The third-order valence-corrected chi connectivity index (χ3v) is 4.10. The topological polar surface area (TPSA) is 20.2 Å². The first kappa shape index (κ1) is 12.3. The van der Waals surface area contributed by atoms with Gasteiger partial charge in [0.2, 0.25) is 0 Å². The van der Waals surface area contributed by atoms with Gasteiger partial charge in [0.15, 0.2) is 0 Å². The molecule has 0 saturated heterocycles. The van der Waals surface area contributed by atoms with Crippen molar-refractivity contribution in [1.82, 2.24) is 0 Å². The summed E-state index contributed by atoms with van der Waals surface area (Å²) in [4.78, 5) is 1.33. The summed E-state index contributed by atoms with van der Waals surface area (Å²) in [6.07, 6.45) is 1.69. The Kier molecular flexibility index (Phi) is 3.65. The average Bonchev–Trinajstić information content (AvgIpc) is 2.80.